The topological polar surface area (TPSA) is 26.3 Å². The third-order valence-electron chi connectivity index (χ3n) is 3.72. The van der Waals surface area contributed by atoms with Gasteiger partial charge in [0.15, 0.2) is 0 Å². The van der Waals surface area contributed by atoms with E-state index in [1.54, 1.807) is 6.08 Å². The zero-order valence-electron chi connectivity index (χ0n) is 12.7. The summed E-state index contributed by atoms with van der Waals surface area (Å²) in [6, 6.07) is 20.5. The zero-order chi connectivity index (χ0) is 15.3. The summed E-state index contributed by atoms with van der Waals surface area (Å²) in [6.07, 6.45) is 1.65. The first kappa shape index (κ1) is 15.3. The average molecular weight is 296 g/mol. The van der Waals surface area contributed by atoms with Crippen LogP contribution < -0.4 is 5.19 Å². The molecule has 0 aliphatic rings. The minimum atomic E-state index is -1.97. The van der Waals surface area contributed by atoms with Crippen molar-refractivity contribution in [2.75, 3.05) is 7.11 Å². The lowest BCUT2D eigenvalue weighted by molar-refractivity contribution is -0.134. The van der Waals surface area contributed by atoms with Crippen LogP contribution in [0.25, 0.3) is 5.20 Å². The molecule has 0 aromatic heterocycles. The van der Waals surface area contributed by atoms with Gasteiger partial charge in [0.25, 0.3) is 0 Å². The molecule has 2 aromatic carbocycles. The SMILES string of the molecule is COC(=O)/C=C(/c1ccccc1)[Si](C)(C)c1ccccc1. The maximum absolute atomic E-state index is 11.8. The molecule has 0 spiro atoms. The highest BCUT2D eigenvalue weighted by atomic mass is 28.3. The van der Waals surface area contributed by atoms with Crippen LogP contribution in [-0.2, 0) is 9.53 Å². The van der Waals surface area contributed by atoms with Gasteiger partial charge in [-0.15, -0.1) is 0 Å². The predicted octanol–water partition coefficient (Wildman–Crippen LogP) is 3.40. The fourth-order valence-electron chi connectivity index (χ4n) is 2.43. The molecule has 0 radical (unpaired) electrons. The Morgan fingerprint density at radius 3 is 2.00 bits per heavy atom. The van der Waals surface area contributed by atoms with Gasteiger partial charge in [-0.3, -0.25) is 0 Å². The van der Waals surface area contributed by atoms with Gasteiger partial charge in [0.05, 0.1) is 7.11 Å². The molecule has 0 amide bonds. The normalized spacial score (nSPS) is 12.0. The minimum Gasteiger partial charge on any atom is -0.466 e. The number of ether oxygens (including phenoxy) is 1. The average Bonchev–Trinajstić information content (AvgIpc) is 2.53. The fraction of sp³-hybridized carbons (Fsp3) is 0.167. The smallest absolute Gasteiger partial charge is 0.330 e. The molecule has 0 saturated heterocycles. The monoisotopic (exact) mass is 296 g/mol. The van der Waals surface area contributed by atoms with Crippen molar-refractivity contribution in [3.05, 3.63) is 72.3 Å². The lowest BCUT2D eigenvalue weighted by atomic mass is 10.2. The van der Waals surface area contributed by atoms with Gasteiger partial charge in [0, 0.05) is 6.08 Å². The zero-order valence-corrected chi connectivity index (χ0v) is 13.7. The molecule has 2 rings (SSSR count). The number of hydrogen-bond acceptors (Lipinski definition) is 2. The van der Waals surface area contributed by atoms with Gasteiger partial charge in [-0.1, -0.05) is 78.9 Å². The molecule has 0 unspecified atom stereocenters. The minimum absolute atomic E-state index is 0.301. The number of hydrogen-bond donors (Lipinski definition) is 0. The first-order chi connectivity index (χ1) is 10.1. The number of carbonyl (C=O) groups excluding carboxylic acids is 1. The van der Waals surface area contributed by atoms with Crippen LogP contribution >= 0.6 is 0 Å². The highest BCUT2D eigenvalue weighted by molar-refractivity contribution is 7.04. The Morgan fingerprint density at radius 1 is 0.952 bits per heavy atom. The van der Waals surface area contributed by atoms with Crippen molar-refractivity contribution < 1.29 is 9.53 Å². The second kappa shape index (κ2) is 6.55. The Bertz CT molecular complexity index is 631. The number of carbonyl (C=O) groups is 1. The molecular weight excluding hydrogens is 276 g/mol. The molecule has 0 heterocycles. The van der Waals surface area contributed by atoms with Gasteiger partial charge in [-0.25, -0.2) is 4.79 Å². The molecule has 0 fully saturated rings. The molecule has 3 heteroatoms. The summed E-state index contributed by atoms with van der Waals surface area (Å²) in [7, 11) is -0.553. The van der Waals surface area contributed by atoms with Crippen LogP contribution in [0.1, 0.15) is 5.56 Å². The van der Waals surface area contributed by atoms with Gasteiger partial charge in [0.2, 0.25) is 0 Å². The van der Waals surface area contributed by atoms with Crippen LogP contribution in [0.3, 0.4) is 0 Å². The maximum atomic E-state index is 11.8. The Labute approximate surface area is 127 Å². The lowest BCUT2D eigenvalue weighted by Crippen LogP contribution is -2.43. The summed E-state index contributed by atoms with van der Waals surface area (Å²) < 4.78 is 4.84. The molecule has 0 aliphatic carbocycles. The second-order valence-corrected chi connectivity index (χ2v) is 9.80. The summed E-state index contributed by atoms with van der Waals surface area (Å²) in [5.41, 5.74) is 1.09. The van der Waals surface area contributed by atoms with E-state index in [1.807, 2.05) is 48.5 Å². The highest BCUT2D eigenvalue weighted by Crippen LogP contribution is 2.26. The Hall–Kier alpha value is -2.13. The highest BCUT2D eigenvalue weighted by Gasteiger charge is 2.30. The lowest BCUT2D eigenvalue weighted by Gasteiger charge is -2.27. The van der Waals surface area contributed by atoms with Gasteiger partial charge in [-0.05, 0) is 10.8 Å². The number of rotatable bonds is 4. The van der Waals surface area contributed by atoms with E-state index in [2.05, 4.69) is 25.2 Å². The third-order valence-corrected chi connectivity index (χ3v) is 7.27. The van der Waals surface area contributed by atoms with Gasteiger partial charge >= 0.3 is 5.97 Å². The van der Waals surface area contributed by atoms with Crippen LogP contribution in [0, 0.1) is 0 Å². The summed E-state index contributed by atoms with van der Waals surface area (Å²) in [6.45, 7) is 4.51. The van der Waals surface area contributed by atoms with Crippen LogP contribution in [-0.4, -0.2) is 21.2 Å². The molecule has 0 N–H and O–H groups in total. The Balaban J connectivity index is 2.55. The van der Waals surface area contributed by atoms with Crippen molar-refractivity contribution in [1.29, 1.82) is 0 Å². The summed E-state index contributed by atoms with van der Waals surface area (Å²) in [4.78, 5) is 11.8. The van der Waals surface area contributed by atoms with Gasteiger partial charge in [-0.2, -0.15) is 0 Å². The van der Waals surface area contributed by atoms with Crippen LogP contribution in [0.5, 0.6) is 0 Å². The van der Waals surface area contributed by atoms with Gasteiger partial charge < -0.3 is 4.74 Å². The maximum Gasteiger partial charge on any atom is 0.330 e. The molecule has 0 atom stereocenters. The van der Waals surface area contributed by atoms with E-state index in [9.17, 15) is 4.79 Å². The molecule has 2 aromatic rings. The van der Waals surface area contributed by atoms with E-state index in [-0.39, 0.29) is 5.97 Å². The number of esters is 1. The third kappa shape index (κ3) is 3.50. The van der Waals surface area contributed by atoms with Gasteiger partial charge in [0.1, 0.15) is 8.07 Å². The van der Waals surface area contributed by atoms with E-state index < -0.39 is 8.07 Å². The number of benzene rings is 2. The van der Waals surface area contributed by atoms with Crippen molar-refractivity contribution in [2.45, 2.75) is 13.1 Å². The quantitative estimate of drug-likeness (QED) is 0.491. The van der Waals surface area contributed by atoms with Crippen molar-refractivity contribution in [2.24, 2.45) is 0 Å². The summed E-state index contributed by atoms with van der Waals surface area (Å²) in [5, 5.41) is 2.38. The molecule has 108 valence electrons. The second-order valence-electron chi connectivity index (χ2n) is 5.44. The Kier molecular flexibility index (Phi) is 4.76. The summed E-state index contributed by atoms with van der Waals surface area (Å²) >= 11 is 0. The largest absolute Gasteiger partial charge is 0.466 e. The van der Waals surface area contributed by atoms with Crippen LogP contribution in [0.4, 0.5) is 0 Å². The molecule has 2 nitrogen and oxygen atoms in total. The van der Waals surface area contributed by atoms with E-state index >= 15 is 0 Å². The predicted molar refractivity (Wildman–Crippen MR) is 90.0 cm³/mol. The van der Waals surface area contributed by atoms with E-state index in [0.717, 1.165) is 10.8 Å². The molecule has 21 heavy (non-hydrogen) atoms. The van der Waals surface area contributed by atoms with E-state index in [0.29, 0.717) is 0 Å². The molecule has 0 saturated carbocycles. The van der Waals surface area contributed by atoms with Crippen LogP contribution in [0.15, 0.2) is 66.7 Å². The van der Waals surface area contributed by atoms with E-state index in [1.165, 1.54) is 12.3 Å². The fourth-order valence-corrected chi connectivity index (χ4v) is 5.13. The van der Waals surface area contributed by atoms with Crippen molar-refractivity contribution in [3.63, 3.8) is 0 Å². The van der Waals surface area contributed by atoms with Crippen molar-refractivity contribution >= 4 is 24.4 Å². The van der Waals surface area contributed by atoms with E-state index in [4.69, 9.17) is 4.74 Å². The van der Waals surface area contributed by atoms with Crippen molar-refractivity contribution in [1.82, 2.24) is 0 Å². The molecular formula is C18H20O2Si. The van der Waals surface area contributed by atoms with Crippen LogP contribution in [0.2, 0.25) is 13.1 Å². The first-order valence-corrected chi connectivity index (χ1v) is 9.97. The van der Waals surface area contributed by atoms with Crippen molar-refractivity contribution in [3.8, 4) is 0 Å². The Morgan fingerprint density at radius 2 is 1.48 bits per heavy atom. The standard InChI is InChI=1S/C18H20O2Si/c1-20-18(19)14-17(15-10-6-4-7-11-15)21(2,3)16-12-8-5-9-13-16/h4-14H,1-3H3/b17-14-. The summed E-state index contributed by atoms with van der Waals surface area (Å²) in [5.74, 6) is -0.301. The first-order valence-electron chi connectivity index (χ1n) is 6.97. The number of methoxy groups -OCH3 is 1. The molecule has 0 aliphatic heterocycles. The molecule has 0 bridgehead atoms.